The third-order valence-electron chi connectivity index (χ3n) is 5.94. The van der Waals surface area contributed by atoms with Crippen LogP contribution in [0.25, 0.3) is 33.3 Å². The maximum Gasteiger partial charge on any atom is 0.225 e. The first-order valence-corrected chi connectivity index (χ1v) is 10.6. The lowest BCUT2D eigenvalue weighted by atomic mass is 9.99. The molecule has 1 aliphatic rings. The number of hydrogen-bond donors (Lipinski definition) is 1. The van der Waals surface area contributed by atoms with Gasteiger partial charge in [0.05, 0.1) is 23.3 Å². The number of nitriles is 1. The van der Waals surface area contributed by atoms with Crippen LogP contribution in [0.1, 0.15) is 12.0 Å². The van der Waals surface area contributed by atoms with Crippen molar-refractivity contribution in [3.05, 3.63) is 60.2 Å². The van der Waals surface area contributed by atoms with E-state index in [0.29, 0.717) is 35.7 Å². The molecule has 33 heavy (non-hydrogen) atoms. The normalized spacial score (nSPS) is 18.5. The molecule has 0 radical (unpaired) electrons. The first-order valence-electron chi connectivity index (χ1n) is 10.6. The predicted molar refractivity (Wildman–Crippen MR) is 122 cm³/mol. The van der Waals surface area contributed by atoms with E-state index in [9.17, 15) is 8.78 Å². The van der Waals surface area contributed by atoms with Crippen LogP contribution in [0.3, 0.4) is 0 Å². The summed E-state index contributed by atoms with van der Waals surface area (Å²) in [5, 5.41) is 14.4. The molecule has 5 rings (SSSR count). The number of anilines is 1. The van der Waals surface area contributed by atoms with Crippen molar-refractivity contribution in [2.24, 2.45) is 12.8 Å². The zero-order valence-corrected chi connectivity index (χ0v) is 17.9. The van der Waals surface area contributed by atoms with Gasteiger partial charge in [0.2, 0.25) is 5.95 Å². The zero-order valence-electron chi connectivity index (χ0n) is 17.9. The molecule has 2 unspecified atom stereocenters. The summed E-state index contributed by atoms with van der Waals surface area (Å²) in [5.41, 5.74) is 9.15. The number of benzene rings is 2. The van der Waals surface area contributed by atoms with Crippen LogP contribution in [0.2, 0.25) is 0 Å². The van der Waals surface area contributed by atoms with Gasteiger partial charge in [0, 0.05) is 48.5 Å². The maximum absolute atomic E-state index is 14.5. The van der Waals surface area contributed by atoms with Crippen molar-refractivity contribution >= 4 is 16.9 Å². The molecule has 7 nitrogen and oxygen atoms in total. The summed E-state index contributed by atoms with van der Waals surface area (Å²) in [6.07, 6.45) is 2.90. The lowest BCUT2D eigenvalue weighted by molar-refractivity contribution is 0.250. The van der Waals surface area contributed by atoms with Gasteiger partial charge in [0.1, 0.15) is 18.1 Å². The molecule has 0 bridgehead atoms. The van der Waals surface area contributed by atoms with Crippen molar-refractivity contribution in [1.29, 1.82) is 5.26 Å². The fourth-order valence-corrected chi connectivity index (χ4v) is 4.13. The van der Waals surface area contributed by atoms with Crippen LogP contribution in [0.15, 0.2) is 48.8 Å². The van der Waals surface area contributed by atoms with E-state index < -0.39 is 18.0 Å². The molecule has 1 fully saturated rings. The number of alkyl halides is 1. The summed E-state index contributed by atoms with van der Waals surface area (Å²) in [4.78, 5) is 11.0. The van der Waals surface area contributed by atoms with Crippen LogP contribution < -0.4 is 10.6 Å². The van der Waals surface area contributed by atoms with Gasteiger partial charge in [-0.05, 0) is 36.2 Å². The van der Waals surface area contributed by atoms with Crippen molar-refractivity contribution in [2.75, 3.05) is 18.0 Å². The van der Waals surface area contributed by atoms with Crippen molar-refractivity contribution in [3.8, 4) is 28.5 Å². The number of nitrogens with zero attached hydrogens (tertiary/aromatic N) is 6. The van der Waals surface area contributed by atoms with Gasteiger partial charge >= 0.3 is 0 Å². The Bertz CT molecular complexity index is 1390. The third kappa shape index (κ3) is 3.90. The summed E-state index contributed by atoms with van der Waals surface area (Å²) in [7, 11) is 1.85. The van der Waals surface area contributed by atoms with E-state index >= 15 is 0 Å². The Hall–Kier alpha value is -3.90. The highest BCUT2D eigenvalue weighted by molar-refractivity contribution is 5.88. The molecule has 1 aliphatic heterocycles. The van der Waals surface area contributed by atoms with E-state index in [-0.39, 0.29) is 12.1 Å². The Balaban J connectivity index is 1.64. The molecule has 2 aromatic heterocycles. The average molecular weight is 445 g/mol. The minimum Gasteiger partial charge on any atom is -0.338 e. The Labute approximate surface area is 189 Å². The molecule has 166 valence electrons. The summed E-state index contributed by atoms with van der Waals surface area (Å²) >= 11 is 0. The highest BCUT2D eigenvalue weighted by Crippen LogP contribution is 2.34. The molecular formula is C24H21F2N7. The first-order chi connectivity index (χ1) is 15.9. The van der Waals surface area contributed by atoms with Gasteiger partial charge in [0.25, 0.3) is 0 Å². The van der Waals surface area contributed by atoms with Gasteiger partial charge in [-0.1, -0.05) is 12.1 Å². The molecule has 0 spiro atoms. The predicted octanol–water partition coefficient (Wildman–Crippen LogP) is 3.58. The minimum atomic E-state index is -1.18. The largest absolute Gasteiger partial charge is 0.338 e. The van der Waals surface area contributed by atoms with E-state index in [1.165, 1.54) is 12.1 Å². The van der Waals surface area contributed by atoms with Crippen LogP contribution in [0.5, 0.6) is 0 Å². The van der Waals surface area contributed by atoms with Gasteiger partial charge in [-0.3, -0.25) is 4.68 Å². The molecule has 0 saturated carbocycles. The number of piperidine rings is 1. The highest BCUT2D eigenvalue weighted by Gasteiger charge is 2.28. The summed E-state index contributed by atoms with van der Waals surface area (Å²) < 4.78 is 30.5. The number of hydrogen-bond acceptors (Lipinski definition) is 6. The molecule has 0 amide bonds. The van der Waals surface area contributed by atoms with Crippen molar-refractivity contribution in [1.82, 2.24) is 19.7 Å². The number of aromatic nitrogens is 4. The molecular weight excluding hydrogens is 424 g/mol. The standard InChI is InChI=1S/C24H21F2N7/c1-32-12-17-8-14(4-5-22(17)31-32)18-11-29-24(33-7-6-21(28)20(26)13-33)30-23(18)15-2-3-16(10-27)19(25)9-15/h2-5,8-9,11-12,20-21H,6-7,13,28H2,1H3. The van der Waals surface area contributed by atoms with Gasteiger partial charge in [-0.2, -0.15) is 10.4 Å². The van der Waals surface area contributed by atoms with Crippen LogP contribution >= 0.6 is 0 Å². The third-order valence-corrected chi connectivity index (χ3v) is 5.94. The zero-order chi connectivity index (χ0) is 23.1. The number of fused-ring (bicyclic) bond motifs is 1. The summed E-state index contributed by atoms with van der Waals surface area (Å²) in [6.45, 7) is 0.632. The SMILES string of the molecule is Cn1cc2cc(-c3cnc(N4CCC(N)C(F)C4)nc3-c3ccc(C#N)c(F)c3)ccc2n1. The number of rotatable bonds is 3. The molecule has 2 N–H and O–H groups in total. The summed E-state index contributed by atoms with van der Waals surface area (Å²) in [5.74, 6) is -0.271. The highest BCUT2D eigenvalue weighted by atomic mass is 19.1. The van der Waals surface area contributed by atoms with Crippen LogP contribution in [-0.2, 0) is 7.05 Å². The van der Waals surface area contributed by atoms with Crippen LogP contribution in [0, 0.1) is 17.1 Å². The second kappa shape index (κ2) is 8.22. The first kappa shape index (κ1) is 21.0. The van der Waals surface area contributed by atoms with E-state index in [1.54, 1.807) is 21.8 Å². The van der Waals surface area contributed by atoms with Gasteiger partial charge in [-0.25, -0.2) is 18.7 Å². The van der Waals surface area contributed by atoms with E-state index in [1.807, 2.05) is 37.5 Å². The molecule has 9 heteroatoms. The maximum atomic E-state index is 14.5. The fourth-order valence-electron chi connectivity index (χ4n) is 4.13. The second-order valence-electron chi connectivity index (χ2n) is 8.23. The number of aryl methyl sites for hydroxylation is 1. The molecule has 4 aromatic rings. The van der Waals surface area contributed by atoms with Gasteiger partial charge in [-0.15, -0.1) is 0 Å². The number of nitrogens with two attached hydrogens (primary N) is 1. The monoisotopic (exact) mass is 445 g/mol. The minimum absolute atomic E-state index is 0.0448. The van der Waals surface area contributed by atoms with Gasteiger partial charge < -0.3 is 10.6 Å². The Morgan fingerprint density at radius 2 is 2.00 bits per heavy atom. The van der Waals surface area contributed by atoms with Crippen molar-refractivity contribution in [3.63, 3.8) is 0 Å². The topological polar surface area (TPSA) is 96.6 Å². The Morgan fingerprint density at radius 1 is 1.18 bits per heavy atom. The molecule has 0 aliphatic carbocycles. The number of halogens is 2. The van der Waals surface area contributed by atoms with Gasteiger partial charge in [0.15, 0.2) is 0 Å². The molecule has 2 atom stereocenters. The quantitative estimate of drug-likeness (QED) is 0.518. The van der Waals surface area contributed by atoms with E-state index in [2.05, 4.69) is 10.1 Å². The lowest BCUT2D eigenvalue weighted by Crippen LogP contribution is -2.49. The van der Waals surface area contributed by atoms with Crippen molar-refractivity contribution < 1.29 is 8.78 Å². The molecule has 3 heterocycles. The average Bonchev–Trinajstić information content (AvgIpc) is 3.19. The van der Waals surface area contributed by atoms with Crippen LogP contribution in [-0.4, -0.2) is 45.1 Å². The lowest BCUT2D eigenvalue weighted by Gasteiger charge is -2.33. The Morgan fingerprint density at radius 3 is 2.76 bits per heavy atom. The molecule has 2 aromatic carbocycles. The van der Waals surface area contributed by atoms with Crippen molar-refractivity contribution in [2.45, 2.75) is 18.6 Å². The summed E-state index contributed by atoms with van der Waals surface area (Å²) in [6, 6.07) is 11.5. The van der Waals surface area contributed by atoms with Crippen LogP contribution in [0.4, 0.5) is 14.7 Å². The van der Waals surface area contributed by atoms with E-state index in [0.717, 1.165) is 16.5 Å². The smallest absolute Gasteiger partial charge is 0.225 e. The van der Waals surface area contributed by atoms with E-state index in [4.69, 9.17) is 16.0 Å². The Kier molecular flexibility index (Phi) is 5.23. The fraction of sp³-hybridized carbons (Fsp3) is 0.250. The molecule has 1 saturated heterocycles. The second-order valence-corrected chi connectivity index (χ2v) is 8.23.